The predicted molar refractivity (Wildman–Crippen MR) is 96.1 cm³/mol. The second-order valence-corrected chi connectivity index (χ2v) is 7.79. The highest BCUT2D eigenvalue weighted by atomic mass is 31.2. The number of benzene rings is 3. The van der Waals surface area contributed by atoms with Gasteiger partial charge >= 0.3 is 0 Å². The molecular weight excluding hydrogens is 303 g/mol. The minimum atomic E-state index is -2.78. The second kappa shape index (κ2) is 7.13. The Hall–Kier alpha value is -2.57. The molecule has 114 valence electrons. The molecule has 0 N–H and O–H groups in total. The van der Waals surface area contributed by atoms with Crippen molar-refractivity contribution < 1.29 is 9.30 Å². The fraction of sp³-hybridized carbons (Fsp3) is 0. The molecule has 0 fully saturated rings. The molecule has 3 aromatic carbocycles. The lowest BCUT2D eigenvalue weighted by Crippen LogP contribution is -2.24. The first-order valence-corrected chi connectivity index (χ1v) is 9.10. The van der Waals surface area contributed by atoms with Gasteiger partial charge in [-0.25, -0.2) is 0 Å². The van der Waals surface area contributed by atoms with Crippen molar-refractivity contribution >= 4 is 23.1 Å². The summed E-state index contributed by atoms with van der Waals surface area (Å²) in [5.74, 6) is 0. The van der Waals surface area contributed by atoms with Gasteiger partial charge in [0, 0.05) is 15.9 Å². The third-order valence-electron chi connectivity index (χ3n) is 3.50. The van der Waals surface area contributed by atoms with E-state index in [9.17, 15) is 4.57 Å². The zero-order chi connectivity index (χ0) is 16.0. The van der Waals surface area contributed by atoms with E-state index in [1.54, 1.807) is 12.5 Å². The maximum atomic E-state index is 13.8. The molecule has 0 saturated heterocycles. The van der Waals surface area contributed by atoms with Crippen LogP contribution in [0.1, 0.15) is 0 Å². The fourth-order valence-corrected chi connectivity index (χ4v) is 5.03. The van der Waals surface area contributed by atoms with E-state index in [-0.39, 0.29) is 0 Å². The summed E-state index contributed by atoms with van der Waals surface area (Å²) < 4.78 is 18.1. The molecule has 0 unspecified atom stereocenters. The maximum Gasteiger partial charge on any atom is 0.171 e. The van der Waals surface area contributed by atoms with Gasteiger partial charge in [-0.2, -0.15) is 0 Å². The molecule has 0 saturated carbocycles. The molecule has 1 heterocycles. The Kier molecular flexibility index (Phi) is 4.75. The molecule has 0 bridgehead atoms. The van der Waals surface area contributed by atoms with E-state index in [2.05, 4.69) is 4.74 Å². The molecular formula is C20H17O2P. The van der Waals surface area contributed by atoms with Crippen LogP contribution in [0.25, 0.3) is 0 Å². The van der Waals surface area contributed by atoms with E-state index < -0.39 is 7.14 Å². The minimum Gasteiger partial charge on any atom is -0.466 e. The van der Waals surface area contributed by atoms with Gasteiger partial charge < -0.3 is 9.30 Å². The lowest BCUT2D eigenvalue weighted by atomic mass is 10.4. The van der Waals surface area contributed by atoms with Crippen molar-refractivity contribution in [2.45, 2.75) is 0 Å². The molecule has 0 spiro atoms. The highest BCUT2D eigenvalue weighted by Crippen LogP contribution is 2.41. The van der Waals surface area contributed by atoms with Crippen LogP contribution >= 0.6 is 7.14 Å². The third kappa shape index (κ3) is 3.61. The highest BCUT2D eigenvalue weighted by Gasteiger charge is 2.28. The third-order valence-corrected chi connectivity index (χ3v) is 6.57. The average molecular weight is 320 g/mol. The summed E-state index contributed by atoms with van der Waals surface area (Å²) in [6.07, 6.45) is 3.25. The molecule has 4 rings (SSSR count). The number of rotatable bonds is 3. The first kappa shape index (κ1) is 15.3. The Morgan fingerprint density at radius 2 is 0.783 bits per heavy atom. The van der Waals surface area contributed by atoms with Gasteiger partial charge in [-0.05, 0) is 0 Å². The monoisotopic (exact) mass is 320 g/mol. The molecule has 0 atom stereocenters. The van der Waals surface area contributed by atoms with Gasteiger partial charge in [0.15, 0.2) is 7.14 Å². The molecule has 0 aromatic heterocycles. The summed E-state index contributed by atoms with van der Waals surface area (Å²) in [6, 6.07) is 29.1. The van der Waals surface area contributed by atoms with Crippen LogP contribution in [-0.2, 0) is 9.30 Å². The second-order valence-electron chi connectivity index (χ2n) is 5.02. The summed E-state index contributed by atoms with van der Waals surface area (Å²) in [6.45, 7) is 0. The maximum absolute atomic E-state index is 13.8. The lowest BCUT2D eigenvalue weighted by Gasteiger charge is -2.19. The Morgan fingerprint density at radius 1 is 0.522 bits per heavy atom. The van der Waals surface area contributed by atoms with Crippen LogP contribution < -0.4 is 15.9 Å². The van der Waals surface area contributed by atoms with E-state index in [1.807, 2.05) is 91.0 Å². The molecule has 0 amide bonds. The van der Waals surface area contributed by atoms with Crippen LogP contribution in [0.15, 0.2) is 104 Å². The van der Waals surface area contributed by atoms with Gasteiger partial charge in [-0.15, -0.1) is 0 Å². The highest BCUT2D eigenvalue weighted by molar-refractivity contribution is 7.85. The summed E-state index contributed by atoms with van der Waals surface area (Å²) in [7, 11) is -2.78. The van der Waals surface area contributed by atoms with Gasteiger partial charge in [-0.1, -0.05) is 91.0 Å². The Morgan fingerprint density at radius 3 is 1.00 bits per heavy atom. The number of ether oxygens (including phenoxy) is 1. The summed E-state index contributed by atoms with van der Waals surface area (Å²) >= 11 is 0. The van der Waals surface area contributed by atoms with Crippen LogP contribution in [-0.4, -0.2) is 0 Å². The average Bonchev–Trinajstić information content (AvgIpc) is 3.52. The zero-order valence-electron chi connectivity index (χ0n) is 12.6. The fourth-order valence-electron chi connectivity index (χ4n) is 2.36. The zero-order valence-corrected chi connectivity index (χ0v) is 13.5. The van der Waals surface area contributed by atoms with Crippen LogP contribution in [0.2, 0.25) is 0 Å². The van der Waals surface area contributed by atoms with Crippen molar-refractivity contribution in [2.24, 2.45) is 0 Å². The SMILES string of the molecule is C1=CO1.O=P(c1ccccc1)(c1ccccc1)c1ccccc1. The number of hydrogen-bond donors (Lipinski definition) is 0. The Bertz CT molecular complexity index is 705. The molecule has 3 heteroatoms. The molecule has 1 aliphatic rings. The minimum absolute atomic E-state index is 0.873. The Balaban J connectivity index is 0.000000468. The van der Waals surface area contributed by atoms with E-state index in [4.69, 9.17) is 0 Å². The van der Waals surface area contributed by atoms with Gasteiger partial charge in [0.05, 0.1) is 0 Å². The van der Waals surface area contributed by atoms with E-state index in [0.717, 1.165) is 15.9 Å². The lowest BCUT2D eigenvalue weighted by molar-refractivity contribution is 0.541. The van der Waals surface area contributed by atoms with Crippen LogP contribution in [0.5, 0.6) is 0 Å². The Labute approximate surface area is 136 Å². The van der Waals surface area contributed by atoms with E-state index >= 15 is 0 Å². The van der Waals surface area contributed by atoms with Crippen LogP contribution in [0.3, 0.4) is 0 Å². The van der Waals surface area contributed by atoms with Crippen molar-refractivity contribution in [2.75, 3.05) is 0 Å². The quantitative estimate of drug-likeness (QED) is 0.687. The standard InChI is InChI=1S/C18H15OP.C2H2O/c19-20(16-10-4-1-5-11-16,17-12-6-2-7-13-17)18-14-8-3-9-15-18;1-2-3-1/h1-15H;1-2H. The summed E-state index contributed by atoms with van der Waals surface area (Å²) in [5, 5.41) is 2.62. The molecule has 3 aromatic rings. The molecule has 1 aliphatic heterocycles. The van der Waals surface area contributed by atoms with E-state index in [0.29, 0.717) is 0 Å². The van der Waals surface area contributed by atoms with Gasteiger partial charge in [0.2, 0.25) is 0 Å². The first-order chi connectivity index (χ1) is 11.3. The molecule has 23 heavy (non-hydrogen) atoms. The van der Waals surface area contributed by atoms with Crippen molar-refractivity contribution in [3.63, 3.8) is 0 Å². The van der Waals surface area contributed by atoms with Crippen molar-refractivity contribution in [1.82, 2.24) is 0 Å². The number of hydrogen-bond acceptors (Lipinski definition) is 2. The molecule has 0 aliphatic carbocycles. The molecule has 2 nitrogen and oxygen atoms in total. The van der Waals surface area contributed by atoms with Gasteiger partial charge in [0.25, 0.3) is 0 Å². The van der Waals surface area contributed by atoms with Crippen molar-refractivity contribution in [1.29, 1.82) is 0 Å². The normalized spacial score (nSPS) is 11.8. The van der Waals surface area contributed by atoms with Gasteiger partial charge in [-0.3, -0.25) is 0 Å². The molecule has 0 radical (unpaired) electrons. The van der Waals surface area contributed by atoms with Gasteiger partial charge in [0.1, 0.15) is 12.5 Å². The predicted octanol–water partition coefficient (Wildman–Crippen LogP) is 3.81. The topological polar surface area (TPSA) is 29.6 Å². The largest absolute Gasteiger partial charge is 0.466 e. The summed E-state index contributed by atoms with van der Waals surface area (Å²) in [5.41, 5.74) is 0. The van der Waals surface area contributed by atoms with Crippen molar-refractivity contribution in [3.8, 4) is 0 Å². The van der Waals surface area contributed by atoms with E-state index in [1.165, 1.54) is 0 Å². The smallest absolute Gasteiger partial charge is 0.171 e. The van der Waals surface area contributed by atoms with Crippen LogP contribution in [0.4, 0.5) is 0 Å². The van der Waals surface area contributed by atoms with Crippen molar-refractivity contribution in [3.05, 3.63) is 104 Å². The van der Waals surface area contributed by atoms with Crippen LogP contribution in [0, 0.1) is 0 Å². The first-order valence-electron chi connectivity index (χ1n) is 7.39. The summed E-state index contributed by atoms with van der Waals surface area (Å²) in [4.78, 5) is 0.